The molecule has 0 aliphatic carbocycles. The third kappa shape index (κ3) is 4.23. The maximum atomic E-state index is 10.8. The Morgan fingerprint density at radius 2 is 2.00 bits per heavy atom. The molecular formula is C6H10NaO9P. The second-order valence-electron chi connectivity index (χ2n) is 2.87. The number of esters is 1. The number of hydrogen-bond donors (Lipinski definition) is 5. The summed E-state index contributed by atoms with van der Waals surface area (Å²) < 4.78 is 18.9. The molecule has 0 amide bonds. The van der Waals surface area contributed by atoms with E-state index in [1.165, 1.54) is 0 Å². The summed E-state index contributed by atoms with van der Waals surface area (Å²) in [7, 11) is -5.01. The molecule has 1 aliphatic heterocycles. The summed E-state index contributed by atoms with van der Waals surface area (Å²) in [4.78, 5) is 27.8. The van der Waals surface area contributed by atoms with Crippen molar-refractivity contribution in [1.29, 1.82) is 0 Å². The molecule has 2 atom stereocenters. The number of ether oxygens (including phenoxy) is 1. The standard InChI is InChI=1S/C6H9O9P.Na.H/c7-1-2(8)4-5(15-16(11,12)13)3(9)6(10)14-4;;/h2,4,7-9H,1H2,(H2,11,12,13);;/t2-,4+;;/m0../s1. The van der Waals surface area contributed by atoms with Crippen LogP contribution in [0.15, 0.2) is 11.5 Å². The molecule has 0 saturated heterocycles. The van der Waals surface area contributed by atoms with Crippen molar-refractivity contribution in [2.45, 2.75) is 12.2 Å². The van der Waals surface area contributed by atoms with Crippen LogP contribution in [0.1, 0.15) is 0 Å². The van der Waals surface area contributed by atoms with Crippen molar-refractivity contribution in [3.63, 3.8) is 0 Å². The quantitative estimate of drug-likeness (QED) is 0.213. The number of carbonyl (C=O) groups is 1. The summed E-state index contributed by atoms with van der Waals surface area (Å²) in [6, 6.07) is 0. The van der Waals surface area contributed by atoms with E-state index in [9.17, 15) is 9.36 Å². The third-order valence-electron chi connectivity index (χ3n) is 1.67. The Balaban J connectivity index is 0.00000256. The molecule has 1 aliphatic rings. The maximum absolute atomic E-state index is 10.8. The van der Waals surface area contributed by atoms with Gasteiger partial charge in [0, 0.05) is 0 Å². The first-order valence-corrected chi connectivity index (χ1v) is 5.47. The minimum absolute atomic E-state index is 0. The van der Waals surface area contributed by atoms with Gasteiger partial charge in [0.25, 0.3) is 0 Å². The van der Waals surface area contributed by atoms with Gasteiger partial charge in [-0.05, 0) is 0 Å². The predicted molar refractivity (Wildman–Crippen MR) is 52.9 cm³/mol. The number of phosphoric ester groups is 1. The zero-order chi connectivity index (χ0) is 12.5. The molecule has 0 fully saturated rings. The molecule has 9 nitrogen and oxygen atoms in total. The van der Waals surface area contributed by atoms with E-state index in [1.807, 2.05) is 0 Å². The molecule has 0 aromatic heterocycles. The van der Waals surface area contributed by atoms with Crippen molar-refractivity contribution < 1.29 is 43.7 Å². The van der Waals surface area contributed by atoms with Crippen LogP contribution < -0.4 is 0 Å². The van der Waals surface area contributed by atoms with Crippen molar-refractivity contribution >= 4 is 43.3 Å². The topological polar surface area (TPSA) is 154 Å². The zero-order valence-electron chi connectivity index (χ0n) is 7.68. The summed E-state index contributed by atoms with van der Waals surface area (Å²) >= 11 is 0. The fraction of sp³-hybridized carbons (Fsp3) is 0.500. The van der Waals surface area contributed by atoms with E-state index >= 15 is 0 Å². The number of aliphatic hydroxyl groups is 3. The normalized spacial score (nSPS) is 21.9. The first-order valence-electron chi connectivity index (χ1n) is 3.94. The van der Waals surface area contributed by atoms with Crippen molar-refractivity contribution in [2.75, 3.05) is 6.61 Å². The molecule has 0 bridgehead atoms. The summed E-state index contributed by atoms with van der Waals surface area (Å²) in [6.45, 7) is -0.848. The van der Waals surface area contributed by atoms with Gasteiger partial charge in [-0.2, -0.15) is 0 Å². The Bertz CT molecular complexity index is 374. The SMILES string of the molecule is O=C1O[C@H]([C@@H](O)CO)C(OP(=O)(O)O)=C1O.[NaH]. The van der Waals surface area contributed by atoms with E-state index in [1.54, 1.807) is 0 Å². The molecule has 17 heavy (non-hydrogen) atoms. The number of hydrogen-bond acceptors (Lipinski definition) is 7. The Morgan fingerprint density at radius 1 is 1.47 bits per heavy atom. The van der Waals surface area contributed by atoms with Crippen LogP contribution >= 0.6 is 7.82 Å². The van der Waals surface area contributed by atoms with Gasteiger partial charge in [-0.1, -0.05) is 0 Å². The molecule has 1 heterocycles. The number of carbonyl (C=O) groups excluding carboxylic acids is 1. The monoisotopic (exact) mass is 280 g/mol. The van der Waals surface area contributed by atoms with E-state index < -0.39 is 44.1 Å². The van der Waals surface area contributed by atoms with E-state index in [4.69, 9.17) is 25.1 Å². The Hall–Kier alpha value is -0.120. The minimum atomic E-state index is -5.01. The van der Waals surface area contributed by atoms with Crippen LogP contribution in [0, 0.1) is 0 Å². The van der Waals surface area contributed by atoms with Gasteiger partial charge in [0.2, 0.25) is 11.5 Å². The van der Waals surface area contributed by atoms with Gasteiger partial charge in [0.05, 0.1) is 6.61 Å². The summed E-state index contributed by atoms with van der Waals surface area (Å²) in [6.07, 6.45) is -3.31. The first kappa shape index (κ1) is 16.9. The second kappa shape index (κ2) is 6.17. The third-order valence-corrected chi connectivity index (χ3v) is 2.11. The molecule has 0 radical (unpaired) electrons. The number of phosphoric acid groups is 1. The van der Waals surface area contributed by atoms with Crippen LogP contribution in [-0.4, -0.2) is 79.4 Å². The predicted octanol–water partition coefficient (Wildman–Crippen LogP) is -2.50. The number of cyclic esters (lactones) is 1. The fourth-order valence-corrected chi connectivity index (χ4v) is 1.48. The molecule has 0 unspecified atom stereocenters. The fourth-order valence-electron chi connectivity index (χ4n) is 1.03. The van der Waals surface area contributed by atoms with E-state index in [2.05, 4.69) is 9.26 Å². The molecule has 0 aromatic carbocycles. The van der Waals surface area contributed by atoms with E-state index in [0.29, 0.717) is 0 Å². The second-order valence-corrected chi connectivity index (χ2v) is 4.03. The van der Waals surface area contributed by atoms with Crippen LogP contribution in [-0.2, 0) is 18.6 Å². The molecule has 0 spiro atoms. The van der Waals surface area contributed by atoms with Crippen molar-refractivity contribution in [3.8, 4) is 0 Å². The van der Waals surface area contributed by atoms with Crippen LogP contribution in [0.3, 0.4) is 0 Å². The Morgan fingerprint density at radius 3 is 2.41 bits per heavy atom. The van der Waals surface area contributed by atoms with Crippen LogP contribution in [0.25, 0.3) is 0 Å². The van der Waals surface area contributed by atoms with Crippen molar-refractivity contribution in [1.82, 2.24) is 0 Å². The van der Waals surface area contributed by atoms with Gasteiger partial charge in [-0.3, -0.25) is 9.79 Å². The molecular weight excluding hydrogens is 270 g/mol. The molecule has 11 heteroatoms. The Kier molecular flexibility index (Phi) is 6.12. The van der Waals surface area contributed by atoms with Gasteiger partial charge in [0.15, 0.2) is 6.10 Å². The average Bonchev–Trinajstić information content (AvgIpc) is 2.43. The molecule has 1 rings (SSSR count). The van der Waals surface area contributed by atoms with Crippen molar-refractivity contribution in [2.24, 2.45) is 0 Å². The first-order chi connectivity index (χ1) is 7.26. The van der Waals surface area contributed by atoms with Crippen LogP contribution in [0.4, 0.5) is 0 Å². The van der Waals surface area contributed by atoms with Gasteiger partial charge >= 0.3 is 43.3 Å². The molecule has 94 valence electrons. The van der Waals surface area contributed by atoms with E-state index in [-0.39, 0.29) is 29.6 Å². The number of rotatable bonds is 4. The van der Waals surface area contributed by atoms with Gasteiger partial charge < -0.3 is 24.6 Å². The van der Waals surface area contributed by atoms with Gasteiger partial charge in [-0.15, -0.1) is 0 Å². The number of aliphatic hydroxyl groups excluding tert-OH is 3. The van der Waals surface area contributed by atoms with Crippen molar-refractivity contribution in [3.05, 3.63) is 11.5 Å². The molecule has 0 saturated carbocycles. The van der Waals surface area contributed by atoms with Crippen LogP contribution in [0.2, 0.25) is 0 Å². The van der Waals surface area contributed by atoms with Crippen LogP contribution in [0.5, 0.6) is 0 Å². The Labute approximate surface area is 117 Å². The summed E-state index contributed by atoms with van der Waals surface area (Å²) in [5.41, 5.74) is 0. The summed E-state index contributed by atoms with van der Waals surface area (Å²) in [5, 5.41) is 26.8. The van der Waals surface area contributed by atoms with Gasteiger partial charge in [-0.25, -0.2) is 9.36 Å². The molecule has 5 N–H and O–H groups in total. The zero-order valence-corrected chi connectivity index (χ0v) is 8.57. The molecule has 0 aromatic rings. The van der Waals surface area contributed by atoms with E-state index in [0.717, 1.165) is 0 Å². The van der Waals surface area contributed by atoms with Gasteiger partial charge in [0.1, 0.15) is 6.10 Å². The summed E-state index contributed by atoms with van der Waals surface area (Å²) in [5.74, 6) is -3.36. The average molecular weight is 280 g/mol.